The minimum Gasteiger partial charge on any atom is -0.454 e. The molecule has 7 nitrogen and oxygen atoms in total. The topological polar surface area (TPSA) is 61.4 Å². The molecule has 2 aliphatic heterocycles. The highest BCUT2D eigenvalue weighted by Gasteiger charge is 2.13. The molecule has 3 rings (SSSR count). The predicted molar refractivity (Wildman–Crippen MR) is 119 cm³/mol. The summed E-state index contributed by atoms with van der Waals surface area (Å²) in [5.41, 5.74) is 1.11. The minimum atomic E-state index is 0. The normalized spacial score (nSPS) is 17.9. The number of hydrogen-bond acceptors (Lipinski definition) is 5. The van der Waals surface area contributed by atoms with E-state index in [1.807, 2.05) is 18.2 Å². The lowest BCUT2D eigenvalue weighted by Gasteiger charge is -2.21. The maximum Gasteiger partial charge on any atom is 0.231 e. The Labute approximate surface area is 179 Å². The Morgan fingerprint density at radius 2 is 1.96 bits per heavy atom. The lowest BCUT2D eigenvalue weighted by molar-refractivity contribution is 0.174. The van der Waals surface area contributed by atoms with Gasteiger partial charge in [-0.25, -0.2) is 4.99 Å². The van der Waals surface area contributed by atoms with Crippen molar-refractivity contribution in [3.05, 3.63) is 23.8 Å². The van der Waals surface area contributed by atoms with Crippen molar-refractivity contribution in [3.63, 3.8) is 0 Å². The van der Waals surface area contributed by atoms with E-state index in [0.717, 1.165) is 55.7 Å². The second-order valence-corrected chi connectivity index (χ2v) is 6.81. The van der Waals surface area contributed by atoms with E-state index >= 15 is 0 Å². The fraction of sp³-hybridized carbons (Fsp3) is 0.632. The lowest BCUT2D eigenvalue weighted by atomic mass is 10.2. The fourth-order valence-corrected chi connectivity index (χ4v) is 3.21. The van der Waals surface area contributed by atoms with Crippen molar-refractivity contribution in [2.45, 2.75) is 19.9 Å². The number of nitrogens with one attached hydrogen (secondary N) is 2. The van der Waals surface area contributed by atoms with Crippen LogP contribution in [0.15, 0.2) is 23.2 Å². The Balaban J connectivity index is 0.00000261. The summed E-state index contributed by atoms with van der Waals surface area (Å²) in [6.07, 6.45) is 1.24. The molecule has 1 aromatic rings. The summed E-state index contributed by atoms with van der Waals surface area (Å²) in [6.45, 7) is 10.5. The number of guanidine groups is 1. The molecule has 1 aromatic carbocycles. The number of halogens is 1. The van der Waals surface area contributed by atoms with Gasteiger partial charge in [0.2, 0.25) is 6.79 Å². The van der Waals surface area contributed by atoms with E-state index in [1.165, 1.54) is 19.5 Å². The van der Waals surface area contributed by atoms with Crippen LogP contribution in [0.3, 0.4) is 0 Å². The number of ether oxygens (including phenoxy) is 2. The molecule has 0 aromatic heterocycles. The largest absolute Gasteiger partial charge is 0.454 e. The van der Waals surface area contributed by atoms with Crippen molar-refractivity contribution >= 4 is 29.9 Å². The molecule has 0 atom stereocenters. The summed E-state index contributed by atoms with van der Waals surface area (Å²) in [6, 6.07) is 5.99. The smallest absolute Gasteiger partial charge is 0.231 e. The Morgan fingerprint density at radius 1 is 1.11 bits per heavy atom. The Morgan fingerprint density at radius 3 is 2.81 bits per heavy atom. The molecule has 0 spiro atoms. The summed E-state index contributed by atoms with van der Waals surface area (Å²) in [7, 11) is 2.20. The molecule has 0 saturated carbocycles. The molecule has 27 heavy (non-hydrogen) atoms. The fourth-order valence-electron chi connectivity index (χ4n) is 3.21. The minimum absolute atomic E-state index is 0. The highest BCUT2D eigenvalue weighted by atomic mass is 127. The third kappa shape index (κ3) is 7.00. The van der Waals surface area contributed by atoms with Gasteiger partial charge in [-0.15, -0.1) is 24.0 Å². The van der Waals surface area contributed by atoms with Gasteiger partial charge in [0.25, 0.3) is 0 Å². The standard InChI is InChI=1S/C19H31N5O2.HI/c1-3-20-19(21-7-10-24-9-4-8-23(2)11-12-24)22-14-16-5-6-17-18(13-16)26-15-25-17;/h5-6,13H,3-4,7-12,14-15H2,1-2H3,(H2,20,21,22);1H. The average molecular weight is 489 g/mol. The number of likely N-dealkylation sites (N-methyl/N-ethyl adjacent to an activating group) is 1. The van der Waals surface area contributed by atoms with Crippen LogP contribution in [0.1, 0.15) is 18.9 Å². The molecule has 1 saturated heterocycles. The Hall–Kier alpha value is -1.26. The number of fused-ring (bicyclic) bond motifs is 1. The summed E-state index contributed by atoms with van der Waals surface area (Å²) in [5.74, 6) is 2.48. The van der Waals surface area contributed by atoms with Gasteiger partial charge in [0.1, 0.15) is 0 Å². The lowest BCUT2D eigenvalue weighted by Crippen LogP contribution is -2.42. The van der Waals surface area contributed by atoms with E-state index in [4.69, 9.17) is 14.5 Å². The van der Waals surface area contributed by atoms with E-state index in [0.29, 0.717) is 13.3 Å². The van der Waals surface area contributed by atoms with Gasteiger partial charge in [0.15, 0.2) is 17.5 Å². The van der Waals surface area contributed by atoms with Crippen molar-refractivity contribution in [2.24, 2.45) is 4.99 Å². The molecular weight excluding hydrogens is 457 g/mol. The summed E-state index contributed by atoms with van der Waals surface area (Å²) >= 11 is 0. The second kappa shape index (κ2) is 11.6. The van der Waals surface area contributed by atoms with Crippen molar-refractivity contribution in [2.75, 3.05) is 59.7 Å². The first-order valence-electron chi connectivity index (χ1n) is 9.56. The molecule has 2 N–H and O–H groups in total. The van der Waals surface area contributed by atoms with Gasteiger partial charge in [-0.2, -0.15) is 0 Å². The van der Waals surface area contributed by atoms with Crippen LogP contribution in [0.4, 0.5) is 0 Å². The molecule has 0 bridgehead atoms. The van der Waals surface area contributed by atoms with Crippen LogP contribution in [0.5, 0.6) is 11.5 Å². The first-order valence-corrected chi connectivity index (χ1v) is 9.56. The van der Waals surface area contributed by atoms with E-state index in [9.17, 15) is 0 Å². The van der Waals surface area contributed by atoms with Crippen LogP contribution in [0.2, 0.25) is 0 Å². The summed E-state index contributed by atoms with van der Waals surface area (Å²) < 4.78 is 10.8. The van der Waals surface area contributed by atoms with E-state index in [-0.39, 0.29) is 24.0 Å². The number of nitrogens with zero attached hydrogens (tertiary/aromatic N) is 3. The maximum absolute atomic E-state index is 5.43. The second-order valence-electron chi connectivity index (χ2n) is 6.81. The molecule has 8 heteroatoms. The van der Waals surface area contributed by atoms with Gasteiger partial charge in [0, 0.05) is 32.7 Å². The zero-order valence-corrected chi connectivity index (χ0v) is 18.7. The van der Waals surface area contributed by atoms with Gasteiger partial charge in [-0.3, -0.25) is 0 Å². The Bertz CT molecular complexity index is 614. The molecule has 0 aliphatic carbocycles. The van der Waals surface area contributed by atoms with Gasteiger partial charge in [-0.1, -0.05) is 6.07 Å². The zero-order valence-electron chi connectivity index (χ0n) is 16.4. The van der Waals surface area contributed by atoms with Crippen LogP contribution in [-0.2, 0) is 6.54 Å². The molecular formula is C19H32IN5O2. The number of benzene rings is 1. The third-order valence-corrected chi connectivity index (χ3v) is 4.73. The monoisotopic (exact) mass is 489 g/mol. The van der Waals surface area contributed by atoms with Crippen molar-refractivity contribution in [1.29, 1.82) is 0 Å². The van der Waals surface area contributed by atoms with Gasteiger partial charge in [0.05, 0.1) is 6.54 Å². The van der Waals surface area contributed by atoms with Gasteiger partial charge < -0.3 is 29.9 Å². The molecule has 0 unspecified atom stereocenters. The first-order chi connectivity index (χ1) is 12.7. The van der Waals surface area contributed by atoms with Crippen LogP contribution in [0.25, 0.3) is 0 Å². The number of rotatable bonds is 6. The zero-order chi connectivity index (χ0) is 18.2. The molecule has 0 amide bonds. The average Bonchev–Trinajstić information content (AvgIpc) is 3.01. The third-order valence-electron chi connectivity index (χ3n) is 4.73. The van der Waals surface area contributed by atoms with Crippen LogP contribution in [-0.4, -0.2) is 75.4 Å². The van der Waals surface area contributed by atoms with E-state index in [2.05, 4.69) is 34.4 Å². The summed E-state index contributed by atoms with van der Waals surface area (Å²) in [4.78, 5) is 9.63. The molecule has 0 radical (unpaired) electrons. The van der Waals surface area contributed by atoms with Crippen molar-refractivity contribution in [3.8, 4) is 11.5 Å². The maximum atomic E-state index is 5.43. The van der Waals surface area contributed by atoms with E-state index in [1.54, 1.807) is 0 Å². The molecule has 1 fully saturated rings. The highest BCUT2D eigenvalue weighted by Crippen LogP contribution is 2.32. The number of aliphatic imine (C=N–C) groups is 1. The number of hydrogen-bond donors (Lipinski definition) is 2. The molecule has 152 valence electrons. The first kappa shape index (κ1) is 22.0. The van der Waals surface area contributed by atoms with Gasteiger partial charge >= 0.3 is 0 Å². The Kier molecular flexibility index (Phi) is 9.43. The van der Waals surface area contributed by atoms with E-state index < -0.39 is 0 Å². The van der Waals surface area contributed by atoms with Crippen molar-refractivity contribution < 1.29 is 9.47 Å². The quantitative estimate of drug-likeness (QED) is 0.361. The predicted octanol–water partition coefficient (Wildman–Crippen LogP) is 1.73. The van der Waals surface area contributed by atoms with Crippen LogP contribution >= 0.6 is 24.0 Å². The molecule has 2 heterocycles. The van der Waals surface area contributed by atoms with Crippen LogP contribution in [0, 0.1) is 0 Å². The SMILES string of the molecule is CCNC(=NCc1ccc2c(c1)OCO2)NCCN1CCCN(C)CC1.I. The van der Waals surface area contributed by atoms with Gasteiger partial charge in [-0.05, 0) is 51.2 Å². The van der Waals surface area contributed by atoms with Crippen molar-refractivity contribution in [1.82, 2.24) is 20.4 Å². The van der Waals surface area contributed by atoms with Crippen LogP contribution < -0.4 is 20.1 Å². The molecule has 2 aliphatic rings. The highest BCUT2D eigenvalue weighted by molar-refractivity contribution is 14.0. The summed E-state index contributed by atoms with van der Waals surface area (Å²) in [5, 5.41) is 6.77.